The number of para-hydroxylation sites is 1. The van der Waals surface area contributed by atoms with Crippen molar-refractivity contribution in [1.29, 1.82) is 0 Å². The number of carbonyl (C=O) groups is 1. The zero-order valence-electron chi connectivity index (χ0n) is 16.3. The second kappa shape index (κ2) is 8.31. The van der Waals surface area contributed by atoms with Crippen LogP contribution < -0.4 is 10.2 Å². The number of benzene rings is 2. The highest BCUT2D eigenvalue weighted by Gasteiger charge is 2.23. The SMILES string of the molecule is Cc1ccccc1Nc1ccnc(C(=O)N2CCN(c3ccc(F)cc3)CC2)c1. The number of anilines is 3. The topological polar surface area (TPSA) is 48.5 Å². The minimum atomic E-state index is -0.243. The maximum atomic E-state index is 13.1. The molecule has 0 unspecified atom stereocenters. The van der Waals surface area contributed by atoms with Gasteiger partial charge in [0.1, 0.15) is 11.5 Å². The summed E-state index contributed by atoms with van der Waals surface area (Å²) in [5.74, 6) is -0.315. The van der Waals surface area contributed by atoms with E-state index >= 15 is 0 Å². The van der Waals surface area contributed by atoms with Crippen LogP contribution in [0.3, 0.4) is 0 Å². The van der Waals surface area contributed by atoms with E-state index in [1.54, 1.807) is 24.4 Å². The van der Waals surface area contributed by atoms with Gasteiger partial charge < -0.3 is 15.1 Å². The molecule has 0 bridgehead atoms. The minimum Gasteiger partial charge on any atom is -0.368 e. The van der Waals surface area contributed by atoms with Crippen molar-refractivity contribution in [2.24, 2.45) is 0 Å². The third kappa shape index (κ3) is 4.37. The normalized spacial score (nSPS) is 14.0. The Hall–Kier alpha value is -3.41. The molecule has 1 amide bonds. The average Bonchev–Trinajstić information content (AvgIpc) is 2.76. The van der Waals surface area contributed by atoms with E-state index < -0.39 is 0 Å². The van der Waals surface area contributed by atoms with Gasteiger partial charge in [0.25, 0.3) is 5.91 Å². The number of pyridine rings is 1. The van der Waals surface area contributed by atoms with E-state index in [9.17, 15) is 9.18 Å². The smallest absolute Gasteiger partial charge is 0.272 e. The van der Waals surface area contributed by atoms with Crippen LogP contribution in [0.2, 0.25) is 0 Å². The fourth-order valence-corrected chi connectivity index (χ4v) is 3.48. The predicted molar refractivity (Wildman–Crippen MR) is 113 cm³/mol. The maximum absolute atomic E-state index is 13.1. The van der Waals surface area contributed by atoms with Gasteiger partial charge in [0, 0.05) is 49.4 Å². The molecule has 2 heterocycles. The van der Waals surface area contributed by atoms with E-state index in [4.69, 9.17) is 0 Å². The Morgan fingerprint density at radius 3 is 2.45 bits per heavy atom. The van der Waals surface area contributed by atoms with Crippen LogP contribution in [0.25, 0.3) is 0 Å². The molecule has 29 heavy (non-hydrogen) atoms. The summed E-state index contributed by atoms with van der Waals surface area (Å²) >= 11 is 0. The number of aryl methyl sites for hydroxylation is 1. The van der Waals surface area contributed by atoms with Crippen LogP contribution >= 0.6 is 0 Å². The van der Waals surface area contributed by atoms with Crippen molar-refractivity contribution >= 4 is 23.0 Å². The second-order valence-electron chi connectivity index (χ2n) is 7.13. The molecule has 2 aromatic carbocycles. The van der Waals surface area contributed by atoms with Gasteiger partial charge in [-0.25, -0.2) is 4.39 Å². The zero-order valence-corrected chi connectivity index (χ0v) is 16.3. The Balaban J connectivity index is 1.41. The highest BCUT2D eigenvalue weighted by molar-refractivity contribution is 5.93. The van der Waals surface area contributed by atoms with Gasteiger partial charge >= 0.3 is 0 Å². The molecule has 1 aromatic heterocycles. The number of nitrogens with zero attached hydrogens (tertiary/aromatic N) is 3. The van der Waals surface area contributed by atoms with E-state index in [2.05, 4.69) is 15.2 Å². The lowest BCUT2D eigenvalue weighted by atomic mass is 10.2. The van der Waals surface area contributed by atoms with Crippen LogP contribution in [0.5, 0.6) is 0 Å². The molecule has 1 saturated heterocycles. The number of halogens is 1. The Morgan fingerprint density at radius 1 is 1.00 bits per heavy atom. The van der Waals surface area contributed by atoms with Gasteiger partial charge in [-0.3, -0.25) is 9.78 Å². The summed E-state index contributed by atoms with van der Waals surface area (Å²) in [6.07, 6.45) is 1.66. The summed E-state index contributed by atoms with van der Waals surface area (Å²) in [7, 11) is 0. The number of carbonyl (C=O) groups excluding carboxylic acids is 1. The fraction of sp³-hybridized carbons (Fsp3) is 0.217. The molecule has 0 radical (unpaired) electrons. The number of nitrogens with one attached hydrogen (secondary N) is 1. The summed E-state index contributed by atoms with van der Waals surface area (Å²) in [4.78, 5) is 21.2. The minimum absolute atomic E-state index is 0.0720. The number of hydrogen-bond donors (Lipinski definition) is 1. The zero-order chi connectivity index (χ0) is 20.2. The monoisotopic (exact) mass is 390 g/mol. The van der Waals surface area contributed by atoms with Gasteiger partial charge in [0.05, 0.1) is 0 Å². The Bertz CT molecular complexity index is 998. The molecule has 148 valence electrons. The predicted octanol–water partition coefficient (Wildman–Crippen LogP) is 4.24. The lowest BCUT2D eigenvalue weighted by Gasteiger charge is -2.36. The van der Waals surface area contributed by atoms with Crippen LogP contribution in [0.4, 0.5) is 21.5 Å². The number of hydrogen-bond acceptors (Lipinski definition) is 4. The highest BCUT2D eigenvalue weighted by Crippen LogP contribution is 2.21. The third-order valence-electron chi connectivity index (χ3n) is 5.16. The lowest BCUT2D eigenvalue weighted by Crippen LogP contribution is -2.49. The molecule has 3 aromatic rings. The average molecular weight is 390 g/mol. The van der Waals surface area contributed by atoms with Crippen LogP contribution in [0.15, 0.2) is 66.9 Å². The van der Waals surface area contributed by atoms with Crippen molar-refractivity contribution in [2.45, 2.75) is 6.92 Å². The number of piperazine rings is 1. The summed E-state index contributed by atoms with van der Waals surface area (Å²) in [6.45, 7) is 4.66. The van der Waals surface area contributed by atoms with Crippen molar-refractivity contribution in [3.8, 4) is 0 Å². The standard InChI is InChI=1S/C23H23FN4O/c1-17-4-2-3-5-21(17)26-19-10-11-25-22(16-19)23(29)28-14-12-27(13-15-28)20-8-6-18(24)7-9-20/h2-11,16H,12-15H2,1H3,(H,25,26). The van der Waals surface area contributed by atoms with Gasteiger partial charge in [-0.1, -0.05) is 18.2 Å². The summed E-state index contributed by atoms with van der Waals surface area (Å²) in [6, 6.07) is 18.1. The molecule has 1 N–H and O–H groups in total. The summed E-state index contributed by atoms with van der Waals surface area (Å²) in [5.41, 5.74) is 4.38. The quantitative estimate of drug-likeness (QED) is 0.724. The molecule has 5 nitrogen and oxygen atoms in total. The first kappa shape index (κ1) is 18.9. The van der Waals surface area contributed by atoms with E-state index in [0.29, 0.717) is 31.9 Å². The molecular formula is C23H23FN4O. The fourth-order valence-electron chi connectivity index (χ4n) is 3.48. The molecule has 0 aliphatic carbocycles. The maximum Gasteiger partial charge on any atom is 0.272 e. The Kier molecular flexibility index (Phi) is 5.42. The van der Waals surface area contributed by atoms with Crippen molar-refractivity contribution < 1.29 is 9.18 Å². The van der Waals surface area contributed by atoms with E-state index in [-0.39, 0.29) is 11.7 Å². The van der Waals surface area contributed by atoms with Crippen molar-refractivity contribution in [3.63, 3.8) is 0 Å². The van der Waals surface area contributed by atoms with Gasteiger partial charge in [0.2, 0.25) is 0 Å². The number of rotatable bonds is 4. The van der Waals surface area contributed by atoms with Gasteiger partial charge in [-0.15, -0.1) is 0 Å². The van der Waals surface area contributed by atoms with Gasteiger partial charge in [-0.2, -0.15) is 0 Å². The molecule has 1 fully saturated rings. The molecule has 4 rings (SSSR count). The number of amides is 1. The largest absolute Gasteiger partial charge is 0.368 e. The first-order valence-electron chi connectivity index (χ1n) is 9.69. The van der Waals surface area contributed by atoms with Crippen molar-refractivity contribution in [1.82, 2.24) is 9.88 Å². The first-order valence-corrected chi connectivity index (χ1v) is 9.69. The van der Waals surface area contributed by atoms with E-state index in [1.165, 1.54) is 12.1 Å². The molecule has 1 aliphatic rings. The molecule has 1 aliphatic heterocycles. The summed E-state index contributed by atoms with van der Waals surface area (Å²) in [5, 5.41) is 3.35. The lowest BCUT2D eigenvalue weighted by molar-refractivity contribution is 0.0741. The van der Waals surface area contributed by atoms with Crippen LogP contribution in [-0.4, -0.2) is 42.0 Å². The van der Waals surface area contributed by atoms with Crippen molar-refractivity contribution in [2.75, 3.05) is 36.4 Å². The van der Waals surface area contributed by atoms with Crippen LogP contribution in [0, 0.1) is 12.7 Å². The van der Waals surface area contributed by atoms with Crippen LogP contribution in [0.1, 0.15) is 16.1 Å². The van der Waals surface area contributed by atoms with E-state index in [0.717, 1.165) is 22.6 Å². The Labute approximate surface area is 169 Å². The molecule has 0 atom stereocenters. The first-order chi connectivity index (χ1) is 14.1. The van der Waals surface area contributed by atoms with Crippen molar-refractivity contribution in [3.05, 3.63) is 83.9 Å². The molecular weight excluding hydrogens is 367 g/mol. The highest BCUT2D eigenvalue weighted by atomic mass is 19.1. The number of aromatic nitrogens is 1. The molecule has 0 spiro atoms. The summed E-state index contributed by atoms with van der Waals surface area (Å²) < 4.78 is 13.1. The Morgan fingerprint density at radius 2 is 1.72 bits per heavy atom. The van der Waals surface area contributed by atoms with Gasteiger partial charge in [0.15, 0.2) is 0 Å². The molecule has 0 saturated carbocycles. The van der Waals surface area contributed by atoms with E-state index in [1.807, 2.05) is 42.2 Å². The molecule has 6 heteroatoms. The third-order valence-corrected chi connectivity index (χ3v) is 5.16. The van der Waals surface area contributed by atoms with Gasteiger partial charge in [-0.05, 0) is 55.0 Å². The van der Waals surface area contributed by atoms with Crippen LogP contribution in [-0.2, 0) is 0 Å². The second-order valence-corrected chi connectivity index (χ2v) is 7.13.